The fraction of sp³-hybridized carbons (Fsp3) is 1.00. The van der Waals surface area contributed by atoms with Gasteiger partial charge >= 0.3 is 0 Å². The second-order valence-electron chi connectivity index (χ2n) is 15.7. The van der Waals surface area contributed by atoms with E-state index in [4.69, 9.17) is 27.0 Å². The molecule has 0 aliphatic rings. The Bertz CT molecular complexity index is 828. The molecule has 0 aromatic rings. The van der Waals surface area contributed by atoms with E-state index in [1.165, 1.54) is 116 Å². The average Bonchev–Trinajstić information content (AvgIpc) is 3.15. The predicted molar refractivity (Wildman–Crippen MR) is 227 cm³/mol. The SMILES string of the molecule is CCCCCCCCCCCCOCC(O)C[N+](CC)(CCO)CCO.CCCCCCCCCCCCOCC(O)C[N+](CC)(CCO)CCO.O=S(=O)([O-])[O-]. The molecule has 2 atom stereocenters. The van der Waals surface area contributed by atoms with Gasteiger partial charge in [0.25, 0.3) is 0 Å². The quantitative estimate of drug-likeness (QED) is 0.0211. The van der Waals surface area contributed by atoms with E-state index in [9.17, 15) is 30.6 Å². The van der Waals surface area contributed by atoms with E-state index in [-0.39, 0.29) is 26.4 Å². The van der Waals surface area contributed by atoms with E-state index in [1.807, 2.05) is 13.8 Å². The molecule has 2 unspecified atom stereocenters. The van der Waals surface area contributed by atoms with Crippen molar-refractivity contribution >= 4 is 10.4 Å². The van der Waals surface area contributed by atoms with Gasteiger partial charge in [0.05, 0.1) is 52.7 Å². The molecule has 0 aromatic carbocycles. The molecule has 15 heteroatoms. The molecule has 0 radical (unpaired) electrons. The summed E-state index contributed by atoms with van der Waals surface area (Å²) in [6.07, 6.45) is 25.1. The Hall–Kier alpha value is -0.530. The first kappa shape index (κ1) is 60.8. The van der Waals surface area contributed by atoms with Crippen LogP contribution in [0.4, 0.5) is 0 Å². The molecule has 0 spiro atoms. The minimum atomic E-state index is -5.17. The molecular formula is C42H92N2O12S. The minimum absolute atomic E-state index is 0.0695. The molecule has 14 nitrogen and oxygen atoms in total. The predicted octanol–water partition coefficient (Wildman–Crippen LogP) is 4.87. The Morgan fingerprint density at radius 2 is 0.684 bits per heavy atom. The second-order valence-corrected chi connectivity index (χ2v) is 16.5. The van der Waals surface area contributed by atoms with E-state index in [0.717, 1.165) is 25.9 Å². The number of hydrogen-bond donors (Lipinski definition) is 6. The van der Waals surface area contributed by atoms with Crippen molar-refractivity contribution in [2.24, 2.45) is 0 Å². The molecule has 0 aliphatic carbocycles. The molecular weight excluding hydrogens is 757 g/mol. The highest BCUT2D eigenvalue weighted by Crippen LogP contribution is 2.13. The van der Waals surface area contributed by atoms with Crippen LogP contribution in [0.1, 0.15) is 156 Å². The van der Waals surface area contributed by atoms with E-state index in [1.54, 1.807) is 0 Å². The van der Waals surface area contributed by atoms with Crippen LogP contribution in [0.3, 0.4) is 0 Å². The fourth-order valence-corrected chi connectivity index (χ4v) is 7.15. The van der Waals surface area contributed by atoms with Crippen LogP contribution in [0.2, 0.25) is 0 Å². The maximum atomic E-state index is 10.2. The van der Waals surface area contributed by atoms with Gasteiger partial charge in [-0.2, -0.15) is 0 Å². The van der Waals surface area contributed by atoms with Crippen molar-refractivity contribution in [1.82, 2.24) is 0 Å². The van der Waals surface area contributed by atoms with Crippen LogP contribution < -0.4 is 0 Å². The molecule has 0 heterocycles. The van der Waals surface area contributed by atoms with E-state index >= 15 is 0 Å². The lowest BCUT2D eigenvalue weighted by atomic mass is 10.1. The number of likely N-dealkylation sites (N-methyl/N-ethyl adjacent to an activating group) is 2. The Kier molecular flexibility index (Phi) is 46.4. The van der Waals surface area contributed by atoms with Crippen molar-refractivity contribution in [2.75, 3.05) is 105 Å². The normalized spacial score (nSPS) is 13.1. The van der Waals surface area contributed by atoms with Crippen molar-refractivity contribution in [3.63, 3.8) is 0 Å². The summed E-state index contributed by atoms with van der Waals surface area (Å²) in [6, 6.07) is 0. The first-order chi connectivity index (χ1) is 27.3. The Labute approximate surface area is 349 Å². The van der Waals surface area contributed by atoms with Crippen molar-refractivity contribution in [3.8, 4) is 0 Å². The topological polar surface area (TPSA) is 220 Å². The zero-order valence-electron chi connectivity index (χ0n) is 37.0. The van der Waals surface area contributed by atoms with Gasteiger partial charge in [-0.25, -0.2) is 0 Å². The van der Waals surface area contributed by atoms with Crippen LogP contribution in [0, 0.1) is 0 Å². The molecule has 0 saturated heterocycles. The third kappa shape index (κ3) is 44.8. The lowest BCUT2D eigenvalue weighted by molar-refractivity contribution is -0.929. The van der Waals surface area contributed by atoms with E-state index < -0.39 is 22.6 Å². The number of hydrogen-bond acceptors (Lipinski definition) is 12. The number of rotatable bonds is 40. The lowest BCUT2D eigenvalue weighted by Crippen LogP contribution is -2.55. The second kappa shape index (κ2) is 43.6. The van der Waals surface area contributed by atoms with Crippen LogP contribution in [-0.4, -0.2) is 175 Å². The highest BCUT2D eigenvalue weighted by molar-refractivity contribution is 7.79. The minimum Gasteiger partial charge on any atom is -0.759 e. The zero-order chi connectivity index (χ0) is 43.5. The summed E-state index contributed by atoms with van der Waals surface area (Å²) in [5, 5.41) is 57.5. The highest BCUT2D eigenvalue weighted by atomic mass is 32.3. The third-order valence-electron chi connectivity index (χ3n) is 10.7. The van der Waals surface area contributed by atoms with Crippen LogP contribution in [0.25, 0.3) is 0 Å². The van der Waals surface area contributed by atoms with Gasteiger partial charge in [-0.15, -0.1) is 0 Å². The van der Waals surface area contributed by atoms with Crippen molar-refractivity contribution in [1.29, 1.82) is 0 Å². The van der Waals surface area contributed by atoms with Crippen LogP contribution >= 0.6 is 0 Å². The molecule has 0 aromatic heterocycles. The van der Waals surface area contributed by atoms with Gasteiger partial charge in [-0.05, 0) is 26.7 Å². The molecule has 0 rings (SSSR count). The van der Waals surface area contributed by atoms with Gasteiger partial charge in [-0.3, -0.25) is 8.42 Å². The number of nitrogens with zero attached hydrogens (tertiary/aromatic N) is 2. The van der Waals surface area contributed by atoms with E-state index in [2.05, 4.69) is 13.8 Å². The summed E-state index contributed by atoms with van der Waals surface area (Å²) in [5.74, 6) is 0. The largest absolute Gasteiger partial charge is 0.759 e. The number of aliphatic hydroxyl groups excluding tert-OH is 6. The average molecular weight is 849 g/mol. The molecule has 0 saturated carbocycles. The van der Waals surface area contributed by atoms with Crippen molar-refractivity contribution < 1.29 is 66.6 Å². The maximum Gasteiger partial charge on any atom is 0.126 e. The van der Waals surface area contributed by atoms with E-state index in [0.29, 0.717) is 74.7 Å². The molecule has 6 N–H and O–H groups in total. The van der Waals surface area contributed by atoms with Gasteiger partial charge in [0.2, 0.25) is 0 Å². The van der Waals surface area contributed by atoms with Crippen LogP contribution in [0.5, 0.6) is 0 Å². The molecule has 0 aliphatic heterocycles. The third-order valence-corrected chi connectivity index (χ3v) is 10.7. The highest BCUT2D eigenvalue weighted by Gasteiger charge is 2.29. The van der Waals surface area contributed by atoms with Crippen LogP contribution in [-0.2, 0) is 19.9 Å². The monoisotopic (exact) mass is 849 g/mol. The first-order valence-electron chi connectivity index (χ1n) is 22.6. The summed E-state index contributed by atoms with van der Waals surface area (Å²) in [4.78, 5) is 0. The van der Waals surface area contributed by atoms with Gasteiger partial charge < -0.3 is 58.2 Å². The van der Waals surface area contributed by atoms with Gasteiger partial charge in [0.15, 0.2) is 0 Å². The Balaban J connectivity index is -0.000000913. The van der Waals surface area contributed by atoms with Gasteiger partial charge in [0.1, 0.15) is 51.5 Å². The van der Waals surface area contributed by atoms with Crippen LogP contribution in [0.15, 0.2) is 0 Å². The number of quaternary nitrogens is 2. The summed E-state index contributed by atoms with van der Waals surface area (Å²) in [5.41, 5.74) is 0. The Morgan fingerprint density at radius 1 is 0.456 bits per heavy atom. The standard InChI is InChI=1S/2C21H46NO4.H2O4S/c2*1-3-5-6-7-8-9-10-11-12-13-18-26-20-21(25)19-22(4-2,14-16-23)15-17-24;1-5(2,3)4/h2*21,23-25H,3-20H2,1-2H3;(H2,1,2,3,4)/q2*+1;/p-2. The molecule has 57 heavy (non-hydrogen) atoms. The fourth-order valence-electron chi connectivity index (χ4n) is 7.15. The number of unbranched alkanes of at least 4 members (excludes halogenated alkanes) is 18. The molecule has 348 valence electrons. The summed E-state index contributed by atoms with van der Waals surface area (Å²) in [6.45, 7) is 15.8. The molecule has 0 fully saturated rings. The molecule has 0 bridgehead atoms. The number of aliphatic hydroxyl groups is 6. The summed E-state index contributed by atoms with van der Waals surface area (Å²) >= 11 is 0. The summed E-state index contributed by atoms with van der Waals surface area (Å²) < 4.78 is 46.4. The van der Waals surface area contributed by atoms with Crippen molar-refractivity contribution in [3.05, 3.63) is 0 Å². The molecule has 0 amide bonds. The van der Waals surface area contributed by atoms with Gasteiger partial charge in [0, 0.05) is 23.6 Å². The Morgan fingerprint density at radius 3 is 0.895 bits per heavy atom. The maximum absolute atomic E-state index is 10.2. The van der Waals surface area contributed by atoms with Gasteiger partial charge in [-0.1, -0.05) is 129 Å². The summed E-state index contributed by atoms with van der Waals surface area (Å²) in [7, 11) is -5.17. The zero-order valence-corrected chi connectivity index (χ0v) is 37.9. The smallest absolute Gasteiger partial charge is 0.126 e. The first-order valence-corrected chi connectivity index (χ1v) is 23.9. The number of ether oxygens (including phenoxy) is 2. The van der Waals surface area contributed by atoms with Crippen molar-refractivity contribution in [2.45, 2.75) is 168 Å². The lowest BCUT2D eigenvalue weighted by Gasteiger charge is -2.38.